The molecular weight excluding hydrogens is 291 g/mol. The van der Waals surface area contributed by atoms with Crippen LogP contribution in [0.5, 0.6) is 0 Å². The van der Waals surface area contributed by atoms with E-state index in [1.165, 1.54) is 18.2 Å². The predicted octanol–water partition coefficient (Wildman–Crippen LogP) is 4.07. The first-order valence-corrected chi connectivity index (χ1v) is 6.97. The zero-order valence-corrected chi connectivity index (χ0v) is 12.1. The number of hydrogen-bond donors (Lipinski definition) is 1. The largest absolute Gasteiger partial charge is 0.339 e. The van der Waals surface area contributed by atoms with E-state index in [0.29, 0.717) is 34.0 Å². The molecule has 1 fully saturated rings. The molecule has 0 spiro atoms. The standard InChI is InChI=1S/C15H12ClFN4/c1-8-13(16)20-15(9-2-3-9)21-14(8)19-12-5-4-11(17)6-10(12)7-18/h4-6,9H,2-3H2,1H3,(H,19,20,21). The van der Waals surface area contributed by atoms with Gasteiger partial charge in [-0.05, 0) is 38.0 Å². The van der Waals surface area contributed by atoms with Crippen molar-refractivity contribution in [3.63, 3.8) is 0 Å². The Bertz CT molecular complexity index is 750. The molecule has 0 radical (unpaired) electrons. The molecule has 0 saturated heterocycles. The van der Waals surface area contributed by atoms with E-state index in [-0.39, 0.29) is 5.56 Å². The molecule has 0 unspecified atom stereocenters. The summed E-state index contributed by atoms with van der Waals surface area (Å²) >= 11 is 6.14. The van der Waals surface area contributed by atoms with Gasteiger partial charge in [0.15, 0.2) is 0 Å². The van der Waals surface area contributed by atoms with E-state index >= 15 is 0 Å². The van der Waals surface area contributed by atoms with Crippen LogP contribution in [0.25, 0.3) is 0 Å². The highest BCUT2D eigenvalue weighted by Crippen LogP contribution is 2.39. The van der Waals surface area contributed by atoms with Crippen LogP contribution in [-0.2, 0) is 0 Å². The third kappa shape index (κ3) is 2.81. The summed E-state index contributed by atoms with van der Waals surface area (Å²) in [6.07, 6.45) is 2.14. The minimum absolute atomic E-state index is 0.220. The van der Waals surface area contributed by atoms with Crippen LogP contribution in [-0.4, -0.2) is 9.97 Å². The van der Waals surface area contributed by atoms with Gasteiger partial charge in [0, 0.05) is 11.5 Å². The number of nitrogens with zero attached hydrogens (tertiary/aromatic N) is 3. The van der Waals surface area contributed by atoms with Crippen LogP contribution < -0.4 is 5.32 Å². The molecule has 0 aliphatic heterocycles. The van der Waals surface area contributed by atoms with Crippen LogP contribution in [0.3, 0.4) is 0 Å². The number of benzene rings is 1. The molecule has 106 valence electrons. The normalized spacial score (nSPS) is 13.8. The predicted molar refractivity (Wildman–Crippen MR) is 78.2 cm³/mol. The van der Waals surface area contributed by atoms with Crippen LogP contribution in [0.1, 0.15) is 35.7 Å². The Morgan fingerprint density at radius 3 is 2.81 bits per heavy atom. The molecule has 1 N–H and O–H groups in total. The van der Waals surface area contributed by atoms with Crippen molar-refractivity contribution < 1.29 is 4.39 Å². The van der Waals surface area contributed by atoms with E-state index in [1.807, 2.05) is 6.07 Å². The third-order valence-electron chi connectivity index (χ3n) is 3.40. The summed E-state index contributed by atoms with van der Waals surface area (Å²) in [6, 6.07) is 5.95. The van der Waals surface area contributed by atoms with Crippen molar-refractivity contribution in [1.82, 2.24) is 9.97 Å². The van der Waals surface area contributed by atoms with Gasteiger partial charge in [0.1, 0.15) is 28.7 Å². The summed E-state index contributed by atoms with van der Waals surface area (Å²) in [5, 5.41) is 12.5. The van der Waals surface area contributed by atoms with Gasteiger partial charge >= 0.3 is 0 Å². The first-order chi connectivity index (χ1) is 10.1. The first-order valence-electron chi connectivity index (χ1n) is 6.59. The molecule has 4 nitrogen and oxygen atoms in total. The zero-order chi connectivity index (χ0) is 15.0. The van der Waals surface area contributed by atoms with Gasteiger partial charge in [-0.3, -0.25) is 0 Å². The highest BCUT2D eigenvalue weighted by atomic mass is 35.5. The van der Waals surface area contributed by atoms with Crippen LogP contribution >= 0.6 is 11.6 Å². The Kier molecular flexibility index (Phi) is 3.48. The first kappa shape index (κ1) is 13.8. The molecule has 1 heterocycles. The van der Waals surface area contributed by atoms with Crippen molar-refractivity contribution in [1.29, 1.82) is 5.26 Å². The van der Waals surface area contributed by atoms with E-state index in [0.717, 1.165) is 12.8 Å². The summed E-state index contributed by atoms with van der Waals surface area (Å²) in [7, 11) is 0. The second-order valence-electron chi connectivity index (χ2n) is 5.05. The van der Waals surface area contributed by atoms with Gasteiger partial charge in [0.05, 0.1) is 11.3 Å². The zero-order valence-electron chi connectivity index (χ0n) is 11.3. The smallest absolute Gasteiger partial charge is 0.138 e. The van der Waals surface area contributed by atoms with Gasteiger partial charge in [-0.25, -0.2) is 14.4 Å². The number of anilines is 2. The van der Waals surface area contributed by atoms with E-state index < -0.39 is 5.82 Å². The molecule has 0 atom stereocenters. The fourth-order valence-electron chi connectivity index (χ4n) is 2.00. The lowest BCUT2D eigenvalue weighted by molar-refractivity contribution is 0.627. The van der Waals surface area contributed by atoms with E-state index in [4.69, 9.17) is 16.9 Å². The van der Waals surface area contributed by atoms with Crippen molar-refractivity contribution in [2.75, 3.05) is 5.32 Å². The number of hydrogen-bond acceptors (Lipinski definition) is 4. The molecule has 1 aliphatic rings. The van der Waals surface area contributed by atoms with E-state index in [2.05, 4.69) is 15.3 Å². The molecule has 21 heavy (non-hydrogen) atoms. The highest BCUT2D eigenvalue weighted by molar-refractivity contribution is 6.30. The topological polar surface area (TPSA) is 61.6 Å². The summed E-state index contributed by atoms with van der Waals surface area (Å²) in [5.41, 5.74) is 1.42. The second-order valence-corrected chi connectivity index (χ2v) is 5.41. The minimum Gasteiger partial charge on any atom is -0.339 e. The van der Waals surface area contributed by atoms with Gasteiger partial charge in [-0.1, -0.05) is 11.6 Å². The second kappa shape index (κ2) is 5.30. The van der Waals surface area contributed by atoms with Gasteiger partial charge in [-0.15, -0.1) is 0 Å². The molecule has 1 saturated carbocycles. The summed E-state index contributed by atoms with van der Waals surface area (Å²) < 4.78 is 13.2. The van der Waals surface area contributed by atoms with Crippen molar-refractivity contribution in [3.8, 4) is 6.07 Å². The molecule has 6 heteroatoms. The minimum atomic E-state index is -0.451. The number of aromatic nitrogens is 2. The van der Waals surface area contributed by atoms with Gasteiger partial charge < -0.3 is 5.32 Å². The molecular formula is C15H12ClFN4. The van der Waals surface area contributed by atoms with Gasteiger partial charge in [0.2, 0.25) is 0 Å². The molecule has 0 bridgehead atoms. The molecule has 2 aromatic rings. The lowest BCUT2D eigenvalue weighted by Gasteiger charge is -2.12. The maximum atomic E-state index is 13.2. The number of nitriles is 1. The Balaban J connectivity index is 2.00. The van der Waals surface area contributed by atoms with Crippen LogP contribution in [0.4, 0.5) is 15.9 Å². The fraction of sp³-hybridized carbons (Fsp3) is 0.267. The summed E-state index contributed by atoms with van der Waals surface area (Å²) in [5.74, 6) is 1.19. The Morgan fingerprint density at radius 2 is 2.14 bits per heavy atom. The van der Waals surface area contributed by atoms with Crippen LogP contribution in [0.15, 0.2) is 18.2 Å². The maximum Gasteiger partial charge on any atom is 0.138 e. The summed E-state index contributed by atoms with van der Waals surface area (Å²) in [4.78, 5) is 8.76. The fourth-order valence-corrected chi connectivity index (χ4v) is 2.17. The molecule has 1 aliphatic carbocycles. The quantitative estimate of drug-likeness (QED) is 0.868. The molecule has 1 aromatic heterocycles. The number of nitrogens with one attached hydrogen (secondary N) is 1. The average molecular weight is 303 g/mol. The molecule has 3 rings (SSSR count). The Morgan fingerprint density at radius 1 is 1.38 bits per heavy atom. The molecule has 1 aromatic carbocycles. The lowest BCUT2D eigenvalue weighted by atomic mass is 10.2. The van der Waals surface area contributed by atoms with Gasteiger partial charge in [0.25, 0.3) is 0 Å². The van der Waals surface area contributed by atoms with E-state index in [9.17, 15) is 4.39 Å². The van der Waals surface area contributed by atoms with Gasteiger partial charge in [-0.2, -0.15) is 5.26 Å². The Labute approximate surface area is 126 Å². The van der Waals surface area contributed by atoms with E-state index in [1.54, 1.807) is 6.92 Å². The van der Waals surface area contributed by atoms with Crippen molar-refractivity contribution in [3.05, 3.63) is 46.1 Å². The van der Waals surface area contributed by atoms with Crippen LogP contribution in [0.2, 0.25) is 5.15 Å². The highest BCUT2D eigenvalue weighted by Gasteiger charge is 2.28. The Hall–Kier alpha value is -2.19. The monoisotopic (exact) mass is 302 g/mol. The lowest BCUT2D eigenvalue weighted by Crippen LogP contribution is -2.04. The third-order valence-corrected chi connectivity index (χ3v) is 3.77. The number of halogens is 2. The SMILES string of the molecule is Cc1c(Cl)nc(C2CC2)nc1Nc1ccc(F)cc1C#N. The summed E-state index contributed by atoms with van der Waals surface area (Å²) in [6.45, 7) is 1.80. The van der Waals surface area contributed by atoms with Crippen molar-refractivity contribution >= 4 is 23.1 Å². The van der Waals surface area contributed by atoms with Crippen LogP contribution in [0, 0.1) is 24.1 Å². The van der Waals surface area contributed by atoms with Crippen molar-refractivity contribution in [2.45, 2.75) is 25.7 Å². The molecule has 0 amide bonds. The van der Waals surface area contributed by atoms with Crippen molar-refractivity contribution in [2.24, 2.45) is 0 Å². The maximum absolute atomic E-state index is 13.2. The number of rotatable bonds is 3. The average Bonchev–Trinajstić information content (AvgIpc) is 3.29.